The van der Waals surface area contributed by atoms with Crippen LogP contribution in [0.25, 0.3) is 0 Å². The Kier molecular flexibility index (Phi) is 6.44. The van der Waals surface area contributed by atoms with E-state index in [0.717, 1.165) is 0 Å². The summed E-state index contributed by atoms with van der Waals surface area (Å²) in [6.45, 7) is 5.91. The van der Waals surface area contributed by atoms with Gasteiger partial charge >= 0.3 is 6.18 Å². The summed E-state index contributed by atoms with van der Waals surface area (Å²) in [6, 6.07) is 4.20. The van der Waals surface area contributed by atoms with Gasteiger partial charge in [-0.25, -0.2) is 0 Å². The summed E-state index contributed by atoms with van der Waals surface area (Å²) in [7, 11) is 0. The number of ether oxygens (including phenoxy) is 1. The molecule has 126 valence electrons. The summed E-state index contributed by atoms with van der Waals surface area (Å²) in [5.41, 5.74) is 0.710. The van der Waals surface area contributed by atoms with Gasteiger partial charge in [0.1, 0.15) is 10.5 Å². The molecule has 0 saturated carbocycles. The second kappa shape index (κ2) is 7.29. The van der Waals surface area contributed by atoms with Gasteiger partial charge in [0.25, 0.3) is 0 Å². The molecule has 22 heavy (non-hydrogen) atoms. The van der Waals surface area contributed by atoms with Gasteiger partial charge in [-0.05, 0) is 45.4 Å². The molecule has 2 atom stereocenters. The van der Waals surface area contributed by atoms with Gasteiger partial charge in [0.15, 0.2) is 6.61 Å². The average Bonchev–Trinajstić information content (AvgIpc) is 2.34. The smallest absolute Gasteiger partial charge is 0.422 e. The van der Waals surface area contributed by atoms with Crippen molar-refractivity contribution in [3.05, 3.63) is 28.8 Å². The molecule has 0 fully saturated rings. The first-order valence-electron chi connectivity index (χ1n) is 6.57. The van der Waals surface area contributed by atoms with Crippen molar-refractivity contribution in [1.82, 2.24) is 4.72 Å². The molecular weight excluding hydrogens is 339 g/mol. The third-order valence-electron chi connectivity index (χ3n) is 2.69. The number of halogens is 4. The second-order valence-corrected chi connectivity index (χ2v) is 8.22. The van der Waals surface area contributed by atoms with E-state index in [4.69, 9.17) is 11.6 Å². The molecule has 0 aliphatic carbocycles. The zero-order valence-corrected chi connectivity index (χ0v) is 14.3. The number of benzene rings is 1. The van der Waals surface area contributed by atoms with E-state index < -0.39 is 28.9 Å². The maximum Gasteiger partial charge on any atom is 0.422 e. The molecule has 3 nitrogen and oxygen atoms in total. The quantitative estimate of drug-likeness (QED) is 0.795. The molecule has 0 bridgehead atoms. The molecule has 0 aliphatic heterocycles. The highest BCUT2D eigenvalue weighted by Crippen LogP contribution is 2.30. The van der Waals surface area contributed by atoms with Gasteiger partial charge in [0.2, 0.25) is 0 Å². The SMILES string of the molecule is C[C@@H](N[S@+]([O-])C(C)(C)C)c1ccc(OCC(F)(F)F)c(Cl)c1. The number of alkyl halides is 3. The summed E-state index contributed by atoms with van der Waals surface area (Å²) in [4.78, 5) is 0. The van der Waals surface area contributed by atoms with E-state index in [-0.39, 0.29) is 16.8 Å². The minimum Gasteiger partial charge on any atom is -0.598 e. The van der Waals surface area contributed by atoms with Crippen molar-refractivity contribution in [3.63, 3.8) is 0 Å². The predicted molar refractivity (Wildman–Crippen MR) is 82.4 cm³/mol. The molecule has 0 heterocycles. The fourth-order valence-corrected chi connectivity index (χ4v) is 2.52. The number of hydrogen-bond acceptors (Lipinski definition) is 3. The number of hydrogen-bond donors (Lipinski definition) is 1. The van der Waals surface area contributed by atoms with Crippen LogP contribution in [-0.2, 0) is 11.4 Å². The van der Waals surface area contributed by atoms with E-state index in [0.29, 0.717) is 5.56 Å². The Morgan fingerprint density at radius 2 is 1.91 bits per heavy atom. The molecule has 1 aromatic carbocycles. The molecule has 1 N–H and O–H groups in total. The van der Waals surface area contributed by atoms with Crippen molar-refractivity contribution in [1.29, 1.82) is 0 Å². The van der Waals surface area contributed by atoms with E-state index >= 15 is 0 Å². The van der Waals surface area contributed by atoms with Crippen LogP contribution in [0.15, 0.2) is 18.2 Å². The van der Waals surface area contributed by atoms with Crippen molar-refractivity contribution in [2.24, 2.45) is 0 Å². The fourth-order valence-electron chi connectivity index (χ4n) is 1.47. The van der Waals surface area contributed by atoms with Crippen molar-refractivity contribution in [2.45, 2.75) is 44.7 Å². The van der Waals surface area contributed by atoms with Crippen LogP contribution in [0.5, 0.6) is 5.75 Å². The lowest BCUT2D eigenvalue weighted by Crippen LogP contribution is -2.40. The Labute approximate surface area is 136 Å². The van der Waals surface area contributed by atoms with Crippen LogP contribution in [0.4, 0.5) is 13.2 Å². The van der Waals surface area contributed by atoms with Crippen LogP contribution in [0.3, 0.4) is 0 Å². The summed E-state index contributed by atoms with van der Waals surface area (Å²) in [6.07, 6.45) is -4.42. The highest BCUT2D eigenvalue weighted by molar-refractivity contribution is 7.90. The molecule has 0 aliphatic rings. The van der Waals surface area contributed by atoms with Crippen LogP contribution in [0, 0.1) is 0 Å². The molecule has 1 aromatic rings. The van der Waals surface area contributed by atoms with Crippen LogP contribution in [0.1, 0.15) is 39.3 Å². The molecule has 8 heteroatoms. The van der Waals surface area contributed by atoms with Crippen molar-refractivity contribution in [3.8, 4) is 5.75 Å². The molecule has 0 aromatic heterocycles. The summed E-state index contributed by atoms with van der Waals surface area (Å²) in [5, 5.41) is 0.0805. The zero-order valence-electron chi connectivity index (χ0n) is 12.8. The monoisotopic (exact) mass is 357 g/mol. The Hall–Kier alpha value is -0.630. The maximum absolute atomic E-state index is 12.1. The molecule has 0 radical (unpaired) electrons. The van der Waals surface area contributed by atoms with Crippen LogP contribution in [-0.4, -0.2) is 22.1 Å². The van der Waals surface area contributed by atoms with E-state index in [1.807, 2.05) is 20.8 Å². The zero-order chi connectivity index (χ0) is 17.1. The Morgan fingerprint density at radius 3 is 2.36 bits per heavy atom. The minimum atomic E-state index is -4.42. The lowest BCUT2D eigenvalue weighted by Gasteiger charge is -2.26. The largest absolute Gasteiger partial charge is 0.598 e. The first-order valence-corrected chi connectivity index (χ1v) is 8.10. The highest BCUT2D eigenvalue weighted by Gasteiger charge is 2.30. The third kappa shape index (κ3) is 6.24. The van der Waals surface area contributed by atoms with E-state index in [1.54, 1.807) is 13.0 Å². The van der Waals surface area contributed by atoms with Gasteiger partial charge in [-0.2, -0.15) is 13.2 Å². The standard InChI is InChI=1S/C14H19ClF3NO2S/c1-9(19-22(20)13(2,3)4)10-5-6-12(11(15)7-10)21-8-14(16,17)18/h5-7,9,19H,8H2,1-4H3/t9-,22-/m1/s1. The maximum atomic E-state index is 12.1. The molecule has 0 unspecified atom stereocenters. The third-order valence-corrected chi connectivity index (χ3v) is 4.66. The topological polar surface area (TPSA) is 44.3 Å². The Morgan fingerprint density at radius 1 is 1.32 bits per heavy atom. The number of rotatable bonds is 5. The molecular formula is C14H19ClF3NO2S. The van der Waals surface area contributed by atoms with Gasteiger partial charge in [-0.3, -0.25) is 0 Å². The molecule has 0 spiro atoms. The van der Waals surface area contributed by atoms with Gasteiger partial charge in [0, 0.05) is 11.4 Å². The highest BCUT2D eigenvalue weighted by atomic mass is 35.5. The Bertz CT molecular complexity index is 506. The van der Waals surface area contributed by atoms with Crippen molar-refractivity contribution < 1.29 is 22.5 Å². The van der Waals surface area contributed by atoms with E-state index in [2.05, 4.69) is 9.46 Å². The average molecular weight is 358 g/mol. The lowest BCUT2D eigenvalue weighted by molar-refractivity contribution is -0.153. The van der Waals surface area contributed by atoms with Gasteiger partial charge in [0.05, 0.1) is 11.1 Å². The second-order valence-electron chi connectivity index (χ2n) is 5.81. The predicted octanol–water partition coefficient (Wildman–Crippen LogP) is 4.39. The number of nitrogens with one attached hydrogen (secondary N) is 1. The van der Waals surface area contributed by atoms with Crippen LogP contribution >= 0.6 is 11.6 Å². The van der Waals surface area contributed by atoms with Crippen LogP contribution in [0.2, 0.25) is 5.02 Å². The summed E-state index contributed by atoms with van der Waals surface area (Å²) < 4.78 is 55.5. The minimum absolute atomic E-state index is 0.0353. The van der Waals surface area contributed by atoms with E-state index in [1.165, 1.54) is 12.1 Å². The van der Waals surface area contributed by atoms with Crippen molar-refractivity contribution in [2.75, 3.05) is 6.61 Å². The Balaban J connectivity index is 2.76. The van der Waals surface area contributed by atoms with E-state index in [9.17, 15) is 17.7 Å². The van der Waals surface area contributed by atoms with Crippen molar-refractivity contribution >= 4 is 23.0 Å². The first kappa shape index (κ1) is 19.4. The van der Waals surface area contributed by atoms with Crippen LogP contribution < -0.4 is 9.46 Å². The molecule has 0 amide bonds. The molecule has 0 saturated heterocycles. The van der Waals surface area contributed by atoms with Gasteiger partial charge in [-0.1, -0.05) is 17.7 Å². The lowest BCUT2D eigenvalue weighted by atomic mass is 10.1. The first-order chi connectivity index (χ1) is 9.90. The summed E-state index contributed by atoms with van der Waals surface area (Å²) in [5.74, 6) is -0.0353. The fraction of sp³-hybridized carbons (Fsp3) is 0.571. The molecule has 1 rings (SSSR count). The van der Waals surface area contributed by atoms with Gasteiger partial charge in [-0.15, -0.1) is 4.72 Å². The normalized spacial score (nSPS) is 15.5. The summed E-state index contributed by atoms with van der Waals surface area (Å²) >= 11 is 4.66. The van der Waals surface area contributed by atoms with Gasteiger partial charge < -0.3 is 9.29 Å².